The fourth-order valence-electron chi connectivity index (χ4n) is 4.30. The lowest BCUT2D eigenvalue weighted by molar-refractivity contribution is -0.152. The zero-order chi connectivity index (χ0) is 21.8. The lowest BCUT2D eigenvalue weighted by Gasteiger charge is -2.38. The number of rotatable bonds is 3. The van der Waals surface area contributed by atoms with E-state index in [0.29, 0.717) is 29.1 Å². The van der Waals surface area contributed by atoms with Crippen molar-refractivity contribution in [3.8, 4) is 11.5 Å². The van der Waals surface area contributed by atoms with E-state index in [0.717, 1.165) is 22.9 Å². The van der Waals surface area contributed by atoms with Crippen LogP contribution >= 0.6 is 0 Å². The van der Waals surface area contributed by atoms with Crippen LogP contribution in [0.5, 0.6) is 11.5 Å². The second kappa shape index (κ2) is 7.18. The van der Waals surface area contributed by atoms with Crippen molar-refractivity contribution in [3.63, 3.8) is 0 Å². The number of esters is 1. The third-order valence-electron chi connectivity index (χ3n) is 5.88. The van der Waals surface area contributed by atoms with E-state index in [1.54, 1.807) is 0 Å². The first-order valence-corrected chi connectivity index (χ1v) is 10.5. The van der Waals surface area contributed by atoms with Crippen LogP contribution in [-0.2, 0) is 16.0 Å². The highest BCUT2D eigenvalue weighted by molar-refractivity contribution is 5.97. The first-order chi connectivity index (χ1) is 14.1. The quantitative estimate of drug-likeness (QED) is 0.524. The smallest absolute Gasteiger partial charge is 0.336 e. The van der Waals surface area contributed by atoms with Gasteiger partial charge in [0.05, 0.1) is 16.5 Å². The molecule has 4 rings (SSSR count). The van der Waals surface area contributed by atoms with E-state index in [4.69, 9.17) is 18.6 Å². The second-order valence-electron chi connectivity index (χ2n) is 8.78. The number of aryl methyl sites for hydroxylation is 1. The van der Waals surface area contributed by atoms with Crippen LogP contribution in [0.1, 0.15) is 70.8 Å². The molecular weight excluding hydrogens is 384 g/mol. The summed E-state index contributed by atoms with van der Waals surface area (Å²) < 4.78 is 24.1. The van der Waals surface area contributed by atoms with Gasteiger partial charge in [-0.3, -0.25) is 4.79 Å². The minimum Gasteiger partial charge on any atom is -0.489 e. The fourth-order valence-corrected chi connectivity index (χ4v) is 4.30. The molecule has 0 N–H and O–H groups in total. The molecule has 3 atom stereocenters. The summed E-state index contributed by atoms with van der Waals surface area (Å²) in [5.41, 5.74) is 1.69. The van der Waals surface area contributed by atoms with E-state index in [9.17, 15) is 9.59 Å². The summed E-state index contributed by atoms with van der Waals surface area (Å²) in [6, 6.07) is 1.53. The Kier molecular flexibility index (Phi) is 4.91. The summed E-state index contributed by atoms with van der Waals surface area (Å²) in [5.74, 6) is 0.690. The molecule has 0 amide bonds. The molecule has 160 valence electrons. The lowest BCUT2D eigenvalue weighted by Crippen LogP contribution is -2.35. The maximum atomic E-state index is 12.5. The molecule has 6 nitrogen and oxygen atoms in total. The van der Waals surface area contributed by atoms with E-state index in [1.165, 1.54) is 13.0 Å². The summed E-state index contributed by atoms with van der Waals surface area (Å²) in [6.07, 6.45) is 4.75. The number of carbonyl (C=O) groups excluding carboxylic acids is 1. The number of ether oxygens (including phenoxy) is 3. The Balaban J connectivity index is 2.15. The fraction of sp³-hybridized carbons (Fsp3) is 0.500. The molecule has 3 heterocycles. The summed E-state index contributed by atoms with van der Waals surface area (Å²) >= 11 is 0. The Morgan fingerprint density at radius 2 is 1.97 bits per heavy atom. The highest BCUT2D eigenvalue weighted by atomic mass is 16.6. The molecule has 0 bridgehead atoms. The molecule has 1 aromatic carbocycles. The lowest BCUT2D eigenvalue weighted by atomic mass is 9.84. The van der Waals surface area contributed by atoms with Gasteiger partial charge in [0, 0.05) is 18.9 Å². The third-order valence-corrected chi connectivity index (χ3v) is 5.88. The molecule has 0 aliphatic carbocycles. The number of hydrogen-bond donors (Lipinski definition) is 0. The van der Waals surface area contributed by atoms with Crippen LogP contribution < -0.4 is 15.1 Å². The first-order valence-electron chi connectivity index (χ1n) is 10.5. The summed E-state index contributed by atoms with van der Waals surface area (Å²) in [6.45, 7) is 11.3. The van der Waals surface area contributed by atoms with Gasteiger partial charge in [0.1, 0.15) is 29.3 Å². The molecule has 0 fully saturated rings. The molecule has 2 aliphatic heterocycles. The van der Waals surface area contributed by atoms with Gasteiger partial charge < -0.3 is 18.6 Å². The molecule has 0 radical (unpaired) electrons. The Morgan fingerprint density at radius 1 is 1.23 bits per heavy atom. The van der Waals surface area contributed by atoms with Gasteiger partial charge in [-0.25, -0.2) is 4.79 Å². The van der Waals surface area contributed by atoms with E-state index in [1.807, 2.05) is 39.8 Å². The molecule has 30 heavy (non-hydrogen) atoms. The topological polar surface area (TPSA) is 75.0 Å². The van der Waals surface area contributed by atoms with Crippen LogP contribution in [0.15, 0.2) is 21.4 Å². The van der Waals surface area contributed by atoms with E-state index >= 15 is 0 Å². The van der Waals surface area contributed by atoms with Crippen molar-refractivity contribution in [2.75, 3.05) is 0 Å². The van der Waals surface area contributed by atoms with Gasteiger partial charge in [0.15, 0.2) is 5.58 Å². The van der Waals surface area contributed by atoms with Gasteiger partial charge >= 0.3 is 11.6 Å². The Bertz CT molecular complexity index is 1110. The monoisotopic (exact) mass is 412 g/mol. The van der Waals surface area contributed by atoms with Crippen LogP contribution in [0, 0.1) is 5.92 Å². The Morgan fingerprint density at radius 3 is 2.63 bits per heavy atom. The maximum absolute atomic E-state index is 12.5. The van der Waals surface area contributed by atoms with Crippen molar-refractivity contribution in [2.24, 2.45) is 5.92 Å². The zero-order valence-corrected chi connectivity index (χ0v) is 18.3. The maximum Gasteiger partial charge on any atom is 0.336 e. The SMILES string of the molecule is CCCc1cc(=O)oc2c3c(c4c(c12)OC(C)(C)C=C4)O[C@H](C)[C@@H](C)[C@H]3OC(C)=O. The van der Waals surface area contributed by atoms with Crippen molar-refractivity contribution in [1.82, 2.24) is 0 Å². The van der Waals surface area contributed by atoms with Crippen molar-refractivity contribution in [1.29, 1.82) is 0 Å². The standard InChI is InChI=1S/C24H28O6/c1-7-8-15-11-17(26)29-23-18(15)22-16(9-10-24(5,6)30-22)21-19(23)20(28-14(4)25)12(2)13(3)27-21/h9-13,20H,7-8H2,1-6H3/t12-,13-,20-/m1/s1. The van der Waals surface area contributed by atoms with Crippen molar-refractivity contribution >= 4 is 23.0 Å². The predicted molar refractivity (Wildman–Crippen MR) is 114 cm³/mol. The number of hydrogen-bond acceptors (Lipinski definition) is 6. The second-order valence-corrected chi connectivity index (χ2v) is 8.78. The van der Waals surface area contributed by atoms with Gasteiger partial charge in [-0.1, -0.05) is 20.3 Å². The summed E-state index contributed by atoms with van der Waals surface area (Å²) in [4.78, 5) is 24.4. The van der Waals surface area contributed by atoms with Gasteiger partial charge in [0.2, 0.25) is 0 Å². The van der Waals surface area contributed by atoms with E-state index < -0.39 is 23.3 Å². The average molecular weight is 412 g/mol. The van der Waals surface area contributed by atoms with E-state index in [-0.39, 0.29) is 12.0 Å². The Hall–Kier alpha value is -2.76. The molecule has 6 heteroatoms. The van der Waals surface area contributed by atoms with Gasteiger partial charge in [0.25, 0.3) is 0 Å². The molecule has 2 aromatic rings. The molecule has 0 spiro atoms. The van der Waals surface area contributed by atoms with Gasteiger partial charge in [-0.2, -0.15) is 0 Å². The highest BCUT2D eigenvalue weighted by Crippen LogP contribution is 2.53. The molecule has 0 saturated heterocycles. The van der Waals surface area contributed by atoms with Crippen molar-refractivity contribution in [3.05, 3.63) is 39.3 Å². The van der Waals surface area contributed by atoms with Crippen LogP contribution in [0.4, 0.5) is 0 Å². The van der Waals surface area contributed by atoms with Crippen molar-refractivity contribution in [2.45, 2.75) is 72.2 Å². The van der Waals surface area contributed by atoms with Crippen LogP contribution in [0.25, 0.3) is 17.0 Å². The van der Waals surface area contributed by atoms with Crippen LogP contribution in [-0.4, -0.2) is 17.7 Å². The molecule has 0 unspecified atom stereocenters. The molecule has 2 aliphatic rings. The minimum atomic E-state index is -0.586. The largest absolute Gasteiger partial charge is 0.489 e. The molecule has 0 saturated carbocycles. The van der Waals surface area contributed by atoms with Crippen molar-refractivity contribution < 1.29 is 23.4 Å². The van der Waals surface area contributed by atoms with Gasteiger partial charge in [-0.05, 0) is 44.9 Å². The number of benzene rings is 1. The Labute approximate surface area is 175 Å². The average Bonchev–Trinajstić information content (AvgIpc) is 2.64. The summed E-state index contributed by atoms with van der Waals surface area (Å²) in [5, 5.41) is 0.755. The van der Waals surface area contributed by atoms with E-state index in [2.05, 4.69) is 6.92 Å². The van der Waals surface area contributed by atoms with Crippen LogP contribution in [0.2, 0.25) is 0 Å². The van der Waals surface area contributed by atoms with Gasteiger partial charge in [-0.15, -0.1) is 0 Å². The molecule has 1 aromatic heterocycles. The number of fused-ring (bicyclic) bond motifs is 6. The highest BCUT2D eigenvalue weighted by Gasteiger charge is 2.42. The minimum absolute atomic E-state index is 0.118. The number of carbonyl (C=O) groups is 1. The normalized spacial score (nSPS) is 23.9. The van der Waals surface area contributed by atoms with Crippen LogP contribution in [0.3, 0.4) is 0 Å². The predicted octanol–water partition coefficient (Wildman–Crippen LogP) is 4.95. The first kappa shape index (κ1) is 20.5. The third kappa shape index (κ3) is 3.28. The zero-order valence-electron chi connectivity index (χ0n) is 18.3. The summed E-state index contributed by atoms with van der Waals surface area (Å²) in [7, 11) is 0. The molecular formula is C24H28O6.